The van der Waals surface area contributed by atoms with Gasteiger partial charge in [-0.3, -0.25) is 4.79 Å². The number of hydrogen-bond donors (Lipinski definition) is 1. The van der Waals surface area contributed by atoms with Crippen molar-refractivity contribution in [2.75, 3.05) is 18.8 Å². The molecule has 2 N–H and O–H groups in total. The number of primary sulfonamides is 1. The largest absolute Gasteiger partial charge is 0.339 e. The van der Waals surface area contributed by atoms with Crippen molar-refractivity contribution in [1.82, 2.24) is 4.90 Å². The fourth-order valence-electron chi connectivity index (χ4n) is 2.68. The minimum absolute atomic E-state index is 0.0571. The molecule has 0 aromatic heterocycles. The Kier molecular flexibility index (Phi) is 5.37. The van der Waals surface area contributed by atoms with Gasteiger partial charge in [-0.15, -0.1) is 0 Å². The number of carbonyl (C=O) groups is 1. The van der Waals surface area contributed by atoms with Crippen LogP contribution in [0.25, 0.3) is 6.08 Å². The minimum Gasteiger partial charge on any atom is -0.339 e. The van der Waals surface area contributed by atoms with Gasteiger partial charge in [0.15, 0.2) is 0 Å². The molecule has 0 bridgehead atoms. The Bertz CT molecular complexity index is 650. The summed E-state index contributed by atoms with van der Waals surface area (Å²) in [5.41, 5.74) is 2.14. The molecule has 1 fully saturated rings. The van der Waals surface area contributed by atoms with Crippen molar-refractivity contribution < 1.29 is 13.2 Å². The van der Waals surface area contributed by atoms with Crippen LogP contribution >= 0.6 is 0 Å². The summed E-state index contributed by atoms with van der Waals surface area (Å²) in [4.78, 5) is 13.9. The Labute approximate surface area is 131 Å². The molecule has 22 heavy (non-hydrogen) atoms. The third-order valence-electron chi connectivity index (χ3n) is 3.79. The summed E-state index contributed by atoms with van der Waals surface area (Å²) in [5.74, 6) is -0.210. The first-order valence-corrected chi connectivity index (χ1v) is 9.09. The maximum Gasteiger partial charge on any atom is 0.246 e. The van der Waals surface area contributed by atoms with Crippen molar-refractivity contribution in [3.05, 3.63) is 41.5 Å². The van der Waals surface area contributed by atoms with Crippen LogP contribution in [0.3, 0.4) is 0 Å². The van der Waals surface area contributed by atoms with E-state index >= 15 is 0 Å². The lowest BCUT2D eigenvalue weighted by Gasteiger charge is -2.31. The molecular formula is C16H22N2O3S. The van der Waals surface area contributed by atoms with Crippen LogP contribution < -0.4 is 5.14 Å². The van der Waals surface area contributed by atoms with Gasteiger partial charge in [0, 0.05) is 19.2 Å². The van der Waals surface area contributed by atoms with Crippen LogP contribution in [0.5, 0.6) is 0 Å². The molecule has 5 nitrogen and oxygen atoms in total. The van der Waals surface area contributed by atoms with Gasteiger partial charge < -0.3 is 4.90 Å². The molecule has 0 radical (unpaired) electrons. The standard InChI is InChI=1S/C16H22N2O3S/c1-13-4-6-14(7-5-13)8-9-16(19)18-10-2-3-15(11-18)12-22(17,20)21/h4-9,15H,2-3,10-12H2,1H3,(H2,17,20,21). The van der Waals surface area contributed by atoms with Gasteiger partial charge in [0.05, 0.1) is 5.75 Å². The Balaban J connectivity index is 1.95. The number of aryl methyl sites for hydroxylation is 1. The number of carbonyl (C=O) groups excluding carboxylic acids is 1. The van der Waals surface area contributed by atoms with Crippen molar-refractivity contribution in [1.29, 1.82) is 0 Å². The van der Waals surface area contributed by atoms with Crippen LogP contribution in [-0.2, 0) is 14.8 Å². The third-order valence-corrected chi connectivity index (χ3v) is 4.73. The number of sulfonamides is 1. The Morgan fingerprint density at radius 2 is 2.05 bits per heavy atom. The lowest BCUT2D eigenvalue weighted by molar-refractivity contribution is -0.127. The number of nitrogens with zero attached hydrogens (tertiary/aromatic N) is 1. The molecule has 1 aliphatic heterocycles. The summed E-state index contributed by atoms with van der Waals surface area (Å²) < 4.78 is 22.3. The summed E-state index contributed by atoms with van der Waals surface area (Å²) in [5, 5.41) is 5.09. The van der Waals surface area contributed by atoms with Crippen LogP contribution in [0.15, 0.2) is 30.3 Å². The number of piperidine rings is 1. The van der Waals surface area contributed by atoms with E-state index in [1.54, 1.807) is 17.1 Å². The molecule has 0 saturated carbocycles. The Morgan fingerprint density at radius 3 is 2.68 bits per heavy atom. The first kappa shape index (κ1) is 16.7. The Hall–Kier alpha value is -1.66. The highest BCUT2D eigenvalue weighted by atomic mass is 32.2. The molecule has 0 spiro atoms. The third kappa shape index (κ3) is 5.27. The molecule has 1 aromatic carbocycles. The van der Waals surface area contributed by atoms with Crippen molar-refractivity contribution >= 4 is 22.0 Å². The summed E-state index contributed by atoms with van der Waals surface area (Å²) >= 11 is 0. The maximum absolute atomic E-state index is 12.2. The van der Waals surface area contributed by atoms with E-state index < -0.39 is 10.0 Å². The second-order valence-electron chi connectivity index (χ2n) is 5.87. The van der Waals surface area contributed by atoms with E-state index in [9.17, 15) is 13.2 Å². The summed E-state index contributed by atoms with van der Waals surface area (Å²) in [6, 6.07) is 7.90. The lowest BCUT2D eigenvalue weighted by atomic mass is 10.00. The average molecular weight is 322 g/mol. The predicted molar refractivity (Wildman–Crippen MR) is 87.5 cm³/mol. The molecule has 1 unspecified atom stereocenters. The molecule has 0 aliphatic carbocycles. The molecular weight excluding hydrogens is 300 g/mol. The zero-order valence-corrected chi connectivity index (χ0v) is 13.6. The van der Waals surface area contributed by atoms with Crippen LogP contribution in [0, 0.1) is 12.8 Å². The van der Waals surface area contributed by atoms with E-state index in [0.29, 0.717) is 13.1 Å². The van der Waals surface area contributed by atoms with E-state index in [4.69, 9.17) is 5.14 Å². The maximum atomic E-state index is 12.2. The molecule has 1 amide bonds. The second-order valence-corrected chi connectivity index (χ2v) is 7.53. The van der Waals surface area contributed by atoms with Crippen LogP contribution in [0.2, 0.25) is 0 Å². The zero-order chi connectivity index (χ0) is 16.2. The van der Waals surface area contributed by atoms with Crippen molar-refractivity contribution in [2.24, 2.45) is 11.1 Å². The van der Waals surface area contributed by atoms with Crippen molar-refractivity contribution in [3.8, 4) is 0 Å². The molecule has 1 atom stereocenters. The lowest BCUT2D eigenvalue weighted by Crippen LogP contribution is -2.41. The number of hydrogen-bond acceptors (Lipinski definition) is 3. The minimum atomic E-state index is -3.49. The Morgan fingerprint density at radius 1 is 1.36 bits per heavy atom. The van der Waals surface area contributed by atoms with Gasteiger partial charge in [-0.05, 0) is 37.3 Å². The summed E-state index contributed by atoms with van der Waals surface area (Å²) in [6.07, 6.45) is 4.93. The van der Waals surface area contributed by atoms with Crippen LogP contribution in [0.4, 0.5) is 0 Å². The summed E-state index contributed by atoms with van der Waals surface area (Å²) in [6.45, 7) is 3.13. The first-order valence-electron chi connectivity index (χ1n) is 7.37. The van der Waals surface area contributed by atoms with Gasteiger partial charge in [0.2, 0.25) is 15.9 Å². The predicted octanol–water partition coefficient (Wildman–Crippen LogP) is 1.54. The smallest absolute Gasteiger partial charge is 0.246 e. The van der Waals surface area contributed by atoms with Crippen LogP contribution in [-0.4, -0.2) is 38.1 Å². The molecule has 2 rings (SSSR count). The molecule has 1 aliphatic rings. The highest BCUT2D eigenvalue weighted by molar-refractivity contribution is 7.89. The fraction of sp³-hybridized carbons (Fsp3) is 0.438. The van der Waals surface area contributed by atoms with E-state index in [1.807, 2.05) is 31.2 Å². The molecule has 1 heterocycles. The van der Waals surface area contributed by atoms with Crippen LogP contribution in [0.1, 0.15) is 24.0 Å². The number of amides is 1. The highest BCUT2D eigenvalue weighted by Gasteiger charge is 2.25. The monoisotopic (exact) mass is 322 g/mol. The zero-order valence-electron chi connectivity index (χ0n) is 12.7. The van der Waals surface area contributed by atoms with E-state index in [2.05, 4.69) is 0 Å². The van der Waals surface area contributed by atoms with E-state index in [-0.39, 0.29) is 17.6 Å². The van der Waals surface area contributed by atoms with Gasteiger partial charge >= 0.3 is 0 Å². The van der Waals surface area contributed by atoms with Gasteiger partial charge in [0.1, 0.15) is 0 Å². The number of rotatable bonds is 4. The number of benzene rings is 1. The van der Waals surface area contributed by atoms with E-state index in [0.717, 1.165) is 18.4 Å². The fourth-order valence-corrected chi connectivity index (χ4v) is 3.61. The van der Waals surface area contributed by atoms with Gasteiger partial charge in [-0.2, -0.15) is 0 Å². The first-order chi connectivity index (χ1) is 10.3. The average Bonchev–Trinajstić information content (AvgIpc) is 2.45. The SMILES string of the molecule is Cc1ccc(C=CC(=O)N2CCCC(CS(N)(=O)=O)C2)cc1. The molecule has 120 valence electrons. The van der Waals surface area contributed by atoms with Gasteiger partial charge in [0.25, 0.3) is 0 Å². The number of nitrogens with two attached hydrogens (primary N) is 1. The van der Waals surface area contributed by atoms with E-state index in [1.165, 1.54) is 5.56 Å². The van der Waals surface area contributed by atoms with Gasteiger partial charge in [-0.25, -0.2) is 13.6 Å². The second kappa shape index (κ2) is 7.07. The summed E-state index contributed by atoms with van der Waals surface area (Å²) in [7, 11) is -3.49. The van der Waals surface area contributed by atoms with Gasteiger partial charge in [-0.1, -0.05) is 29.8 Å². The highest BCUT2D eigenvalue weighted by Crippen LogP contribution is 2.18. The quantitative estimate of drug-likeness (QED) is 0.854. The topological polar surface area (TPSA) is 80.5 Å². The van der Waals surface area contributed by atoms with Crippen molar-refractivity contribution in [3.63, 3.8) is 0 Å². The molecule has 1 saturated heterocycles. The normalized spacial score (nSPS) is 19.5. The number of likely N-dealkylation sites (tertiary alicyclic amines) is 1. The molecule has 6 heteroatoms. The molecule has 1 aromatic rings. The van der Waals surface area contributed by atoms with Crippen molar-refractivity contribution in [2.45, 2.75) is 19.8 Å².